The largest absolute Gasteiger partial charge is 0.497 e. The second-order valence-corrected chi connectivity index (χ2v) is 10.0. The Balaban J connectivity index is 1.39. The molecule has 0 saturated heterocycles. The number of hydrogen-bond acceptors (Lipinski definition) is 4. The number of carbonyl (C=O) groups excluding carboxylic acids is 1. The van der Waals surface area contributed by atoms with Crippen LogP contribution in [0, 0.1) is 5.92 Å². The van der Waals surface area contributed by atoms with Gasteiger partial charge in [0.2, 0.25) is 15.9 Å². The van der Waals surface area contributed by atoms with E-state index in [0.29, 0.717) is 44.8 Å². The van der Waals surface area contributed by atoms with Gasteiger partial charge < -0.3 is 10.1 Å². The molecule has 0 unspecified atom stereocenters. The first-order valence-electron chi connectivity index (χ1n) is 10.4. The lowest BCUT2D eigenvalue weighted by Crippen LogP contribution is -2.38. The molecule has 156 valence electrons. The van der Waals surface area contributed by atoms with Gasteiger partial charge in [0, 0.05) is 26.1 Å². The Kier molecular flexibility index (Phi) is 7.35. The van der Waals surface area contributed by atoms with Gasteiger partial charge in [-0.15, -0.1) is 0 Å². The minimum atomic E-state index is -3.31. The van der Waals surface area contributed by atoms with Crippen LogP contribution in [-0.2, 0) is 27.8 Å². The molecule has 7 heteroatoms. The molecule has 1 saturated carbocycles. The number of ether oxygens (including phenoxy) is 1. The van der Waals surface area contributed by atoms with Crippen molar-refractivity contribution in [2.45, 2.75) is 57.9 Å². The summed E-state index contributed by atoms with van der Waals surface area (Å²) in [4.78, 5) is 11.9. The summed E-state index contributed by atoms with van der Waals surface area (Å²) < 4.78 is 32.1. The van der Waals surface area contributed by atoms with Crippen molar-refractivity contribution in [1.82, 2.24) is 9.62 Å². The molecule has 1 heterocycles. The average molecular weight is 409 g/mol. The van der Waals surface area contributed by atoms with Crippen LogP contribution in [0.15, 0.2) is 18.2 Å². The van der Waals surface area contributed by atoms with Crippen LogP contribution in [0.1, 0.15) is 56.1 Å². The minimum absolute atomic E-state index is 0.0464. The number of methoxy groups -OCH3 is 1. The monoisotopic (exact) mass is 408 g/mol. The molecule has 3 rings (SSSR count). The lowest BCUT2D eigenvalue weighted by atomic mass is 10.0. The quantitative estimate of drug-likeness (QED) is 0.638. The van der Waals surface area contributed by atoms with Gasteiger partial charge in [-0.2, -0.15) is 4.31 Å². The summed E-state index contributed by atoms with van der Waals surface area (Å²) in [5, 5.41) is 2.87. The maximum Gasteiger partial charge on any atom is 0.220 e. The molecular formula is C21H32N2O4S. The van der Waals surface area contributed by atoms with Crippen molar-refractivity contribution >= 4 is 15.9 Å². The molecule has 6 nitrogen and oxygen atoms in total. The Morgan fingerprint density at radius 1 is 1.25 bits per heavy atom. The molecule has 0 bridgehead atoms. The Labute approximate surface area is 168 Å². The fourth-order valence-corrected chi connectivity index (χ4v) is 5.67. The smallest absolute Gasteiger partial charge is 0.220 e. The second-order valence-electron chi connectivity index (χ2n) is 7.93. The highest BCUT2D eigenvalue weighted by Crippen LogP contribution is 2.28. The molecule has 1 aromatic rings. The number of nitrogens with one attached hydrogen (secondary N) is 1. The maximum atomic E-state index is 12.7. The van der Waals surface area contributed by atoms with Crippen LogP contribution in [0.25, 0.3) is 0 Å². The van der Waals surface area contributed by atoms with Crippen LogP contribution in [0.5, 0.6) is 5.75 Å². The third-order valence-corrected chi connectivity index (χ3v) is 7.84. The van der Waals surface area contributed by atoms with Crippen molar-refractivity contribution in [3.63, 3.8) is 0 Å². The van der Waals surface area contributed by atoms with Crippen LogP contribution in [-0.4, -0.2) is 44.6 Å². The molecule has 0 atom stereocenters. The summed E-state index contributed by atoms with van der Waals surface area (Å²) in [5.74, 6) is 1.62. The molecular weight excluding hydrogens is 376 g/mol. The standard InChI is InChI=1S/C21H32N2O4S/c1-27-20-9-8-19-16-23(13-11-18(19)15-20)28(25,26)14-4-12-22-21(24)10-7-17-5-2-3-6-17/h8-9,15,17H,2-7,10-14,16H2,1H3,(H,22,24). The number of hydrogen-bond donors (Lipinski definition) is 1. The highest BCUT2D eigenvalue weighted by Gasteiger charge is 2.26. The van der Waals surface area contributed by atoms with Crippen molar-refractivity contribution in [2.24, 2.45) is 5.92 Å². The third kappa shape index (κ3) is 5.70. The van der Waals surface area contributed by atoms with Crippen LogP contribution < -0.4 is 10.1 Å². The molecule has 1 aliphatic heterocycles. The first-order chi connectivity index (χ1) is 13.5. The number of fused-ring (bicyclic) bond motifs is 1. The fraction of sp³-hybridized carbons (Fsp3) is 0.667. The van der Waals surface area contributed by atoms with E-state index in [1.807, 2.05) is 18.2 Å². The molecule has 1 fully saturated rings. The average Bonchev–Trinajstić information content (AvgIpc) is 3.22. The van der Waals surface area contributed by atoms with E-state index in [0.717, 1.165) is 23.3 Å². The van der Waals surface area contributed by atoms with Gasteiger partial charge in [-0.3, -0.25) is 4.79 Å². The van der Waals surface area contributed by atoms with Gasteiger partial charge >= 0.3 is 0 Å². The van der Waals surface area contributed by atoms with Crippen molar-refractivity contribution in [3.05, 3.63) is 29.3 Å². The molecule has 1 N–H and O–H groups in total. The van der Waals surface area contributed by atoms with E-state index in [-0.39, 0.29) is 11.7 Å². The SMILES string of the molecule is COc1ccc2c(c1)CCN(S(=O)(=O)CCCNC(=O)CCC1CCCC1)C2. The van der Waals surface area contributed by atoms with Gasteiger partial charge in [0.05, 0.1) is 12.9 Å². The van der Waals surface area contributed by atoms with Gasteiger partial charge in [-0.25, -0.2) is 8.42 Å². The Hall–Kier alpha value is -1.60. The first kappa shape index (κ1) is 21.1. The lowest BCUT2D eigenvalue weighted by molar-refractivity contribution is -0.121. The zero-order valence-corrected chi connectivity index (χ0v) is 17.6. The van der Waals surface area contributed by atoms with Crippen LogP contribution in [0.2, 0.25) is 0 Å². The Morgan fingerprint density at radius 3 is 2.79 bits per heavy atom. The molecule has 0 aromatic heterocycles. The first-order valence-corrected chi connectivity index (χ1v) is 12.0. The van der Waals surface area contributed by atoms with E-state index >= 15 is 0 Å². The summed E-state index contributed by atoms with van der Waals surface area (Å²) in [6.07, 6.45) is 7.74. The van der Waals surface area contributed by atoms with Crippen LogP contribution in [0.3, 0.4) is 0 Å². The summed E-state index contributed by atoms with van der Waals surface area (Å²) in [6.45, 7) is 1.33. The Bertz CT molecular complexity index is 773. The van der Waals surface area contributed by atoms with E-state index in [2.05, 4.69) is 5.32 Å². The lowest BCUT2D eigenvalue weighted by Gasteiger charge is -2.28. The zero-order chi connectivity index (χ0) is 20.0. The Morgan fingerprint density at radius 2 is 2.04 bits per heavy atom. The molecule has 28 heavy (non-hydrogen) atoms. The zero-order valence-electron chi connectivity index (χ0n) is 16.8. The van der Waals surface area contributed by atoms with Gasteiger partial charge in [0.15, 0.2) is 0 Å². The molecule has 1 aromatic carbocycles. The summed E-state index contributed by atoms with van der Waals surface area (Å²) in [6, 6.07) is 5.80. The predicted octanol–water partition coefficient (Wildman–Crippen LogP) is 2.86. The molecule has 1 amide bonds. The van der Waals surface area contributed by atoms with Crippen molar-refractivity contribution in [1.29, 1.82) is 0 Å². The summed E-state index contributed by atoms with van der Waals surface area (Å²) >= 11 is 0. The topological polar surface area (TPSA) is 75.7 Å². The predicted molar refractivity (Wildman–Crippen MR) is 110 cm³/mol. The van der Waals surface area contributed by atoms with Crippen LogP contribution >= 0.6 is 0 Å². The molecule has 0 radical (unpaired) electrons. The van der Waals surface area contributed by atoms with E-state index < -0.39 is 10.0 Å². The fourth-order valence-electron chi connectivity index (χ4n) is 4.20. The highest BCUT2D eigenvalue weighted by molar-refractivity contribution is 7.89. The number of nitrogens with zero attached hydrogens (tertiary/aromatic N) is 1. The van der Waals surface area contributed by atoms with E-state index in [4.69, 9.17) is 4.74 Å². The highest BCUT2D eigenvalue weighted by atomic mass is 32.2. The van der Waals surface area contributed by atoms with Gasteiger partial charge in [-0.1, -0.05) is 31.7 Å². The maximum absolute atomic E-state index is 12.7. The number of carbonyl (C=O) groups is 1. The number of amides is 1. The van der Waals surface area contributed by atoms with Crippen molar-refractivity contribution in [2.75, 3.05) is 26.0 Å². The van der Waals surface area contributed by atoms with Crippen LogP contribution in [0.4, 0.5) is 0 Å². The van der Waals surface area contributed by atoms with Crippen molar-refractivity contribution < 1.29 is 17.9 Å². The minimum Gasteiger partial charge on any atom is -0.497 e. The van der Waals surface area contributed by atoms with E-state index in [1.54, 1.807) is 11.4 Å². The number of benzene rings is 1. The van der Waals surface area contributed by atoms with Crippen molar-refractivity contribution in [3.8, 4) is 5.75 Å². The number of sulfonamides is 1. The van der Waals surface area contributed by atoms with E-state index in [1.165, 1.54) is 25.7 Å². The van der Waals surface area contributed by atoms with Gasteiger partial charge in [0.1, 0.15) is 5.75 Å². The number of rotatable bonds is 9. The second kappa shape index (κ2) is 9.74. The normalized spacial score (nSPS) is 18.0. The van der Waals surface area contributed by atoms with E-state index in [9.17, 15) is 13.2 Å². The van der Waals surface area contributed by atoms with Gasteiger partial charge in [0.25, 0.3) is 0 Å². The molecule has 1 aliphatic carbocycles. The van der Waals surface area contributed by atoms with Gasteiger partial charge in [-0.05, 0) is 48.4 Å². The molecule has 0 spiro atoms. The summed E-state index contributed by atoms with van der Waals surface area (Å²) in [5.41, 5.74) is 2.19. The molecule has 2 aliphatic rings. The summed E-state index contributed by atoms with van der Waals surface area (Å²) in [7, 11) is -1.68. The third-order valence-electron chi connectivity index (χ3n) is 5.94.